The number of hydrogen-bond acceptors (Lipinski definition) is 2. The maximum atomic E-state index is 9.98. The van der Waals surface area contributed by atoms with Gasteiger partial charge in [-0.25, -0.2) is 0 Å². The molecule has 0 heterocycles. The lowest BCUT2D eigenvalue weighted by molar-refractivity contribution is -0.297. The van der Waals surface area contributed by atoms with Crippen molar-refractivity contribution in [3.8, 4) is 0 Å². The predicted molar refractivity (Wildman–Crippen MR) is 58.1 cm³/mol. The number of unbranched alkanes of at least 4 members (excludes halogenated alkanes) is 6. The van der Waals surface area contributed by atoms with Crippen molar-refractivity contribution in [3.63, 3.8) is 0 Å². The second kappa shape index (κ2) is 12.2. The summed E-state index contributed by atoms with van der Waals surface area (Å²) in [7, 11) is 0. The summed E-state index contributed by atoms with van der Waals surface area (Å²) < 4.78 is 0. The largest absolute Gasteiger partial charge is 0.545 e. The summed E-state index contributed by atoms with van der Waals surface area (Å²) in [6.07, 6.45) is 11.1. The Bertz CT molecular complexity index is 155. The zero-order valence-corrected chi connectivity index (χ0v) is 9.42. The lowest BCUT2D eigenvalue weighted by Gasteiger charge is -1.97. The Morgan fingerprint density at radius 3 is 2.29 bits per heavy atom. The average Bonchev–Trinajstić information content (AvgIpc) is 2.09. The second-order valence-electron chi connectivity index (χ2n) is 3.28. The van der Waals surface area contributed by atoms with Crippen LogP contribution in [0.4, 0.5) is 0 Å². The summed E-state index contributed by atoms with van der Waals surface area (Å²) in [5.41, 5.74) is 0. The molecular weight excluding hydrogens is 178 g/mol. The number of carbonyl (C=O) groups excluding carboxylic acids is 1. The van der Waals surface area contributed by atoms with E-state index >= 15 is 0 Å². The first-order valence-electron chi connectivity index (χ1n) is 5.15. The molecule has 0 fully saturated rings. The molecule has 0 aromatic carbocycles. The van der Waals surface area contributed by atoms with Crippen LogP contribution >= 0.6 is 0 Å². The van der Waals surface area contributed by atoms with Crippen LogP contribution < -0.4 is 11.3 Å². The van der Waals surface area contributed by atoms with Gasteiger partial charge in [0.25, 0.3) is 0 Å². The molecule has 0 atom stereocenters. The van der Waals surface area contributed by atoms with Gasteiger partial charge in [-0.15, -0.1) is 0 Å². The van der Waals surface area contributed by atoms with Crippen molar-refractivity contribution in [1.29, 1.82) is 0 Å². The normalized spacial score (nSPS) is 10.1. The monoisotopic (exact) mass is 201 g/mol. The number of allylic oxidation sites excluding steroid dienone is 1. The fourth-order valence-corrected chi connectivity index (χ4v) is 1.22. The van der Waals surface area contributed by atoms with Crippen LogP contribution in [-0.4, -0.2) is 5.97 Å². The molecule has 0 aliphatic rings. The molecule has 3 heteroatoms. The van der Waals surface area contributed by atoms with Gasteiger partial charge in [0.1, 0.15) is 0 Å². The Morgan fingerprint density at radius 1 is 1.14 bits per heavy atom. The first-order valence-corrected chi connectivity index (χ1v) is 5.15. The van der Waals surface area contributed by atoms with Gasteiger partial charge in [-0.1, -0.05) is 45.1 Å². The summed E-state index contributed by atoms with van der Waals surface area (Å²) in [6.45, 7) is 2.20. The van der Waals surface area contributed by atoms with Crippen LogP contribution in [0, 0.1) is 0 Å². The molecule has 0 rings (SSSR count). The number of carboxylic acid groups (broad SMARTS) is 1. The van der Waals surface area contributed by atoms with Crippen LogP contribution in [0.15, 0.2) is 12.2 Å². The first kappa shape index (κ1) is 15.6. The average molecular weight is 201 g/mol. The molecule has 0 aromatic heterocycles. The summed E-state index contributed by atoms with van der Waals surface area (Å²) in [4.78, 5) is 9.98. The third kappa shape index (κ3) is 13.7. The lowest BCUT2D eigenvalue weighted by Crippen LogP contribution is -2.18. The van der Waals surface area contributed by atoms with Gasteiger partial charge in [-0.2, -0.15) is 0 Å². The third-order valence-corrected chi connectivity index (χ3v) is 1.98. The third-order valence-electron chi connectivity index (χ3n) is 1.98. The summed E-state index contributed by atoms with van der Waals surface area (Å²) in [6, 6.07) is 0. The number of carboxylic acids is 1. The molecular formula is C11H23NO2. The van der Waals surface area contributed by atoms with E-state index in [1.807, 2.05) is 0 Å². The highest BCUT2D eigenvalue weighted by molar-refractivity contribution is 5.77. The Hall–Kier alpha value is -0.830. The van der Waals surface area contributed by atoms with Crippen molar-refractivity contribution in [3.05, 3.63) is 12.2 Å². The highest BCUT2D eigenvalue weighted by Crippen LogP contribution is 2.06. The van der Waals surface area contributed by atoms with Crippen molar-refractivity contribution in [1.82, 2.24) is 6.15 Å². The fourth-order valence-electron chi connectivity index (χ4n) is 1.22. The lowest BCUT2D eigenvalue weighted by atomic mass is 10.1. The molecule has 4 N–H and O–H groups in total. The van der Waals surface area contributed by atoms with Gasteiger partial charge < -0.3 is 16.1 Å². The molecule has 84 valence electrons. The van der Waals surface area contributed by atoms with Crippen LogP contribution in [0.25, 0.3) is 0 Å². The van der Waals surface area contributed by atoms with E-state index in [1.54, 1.807) is 6.08 Å². The Morgan fingerprint density at radius 2 is 1.71 bits per heavy atom. The molecule has 0 aliphatic heterocycles. The summed E-state index contributed by atoms with van der Waals surface area (Å²) in [5, 5.41) is 9.98. The Balaban J connectivity index is 0. The molecule has 0 spiro atoms. The molecule has 0 radical (unpaired) electrons. The maximum absolute atomic E-state index is 9.98. The Labute approximate surface area is 86.8 Å². The smallest absolute Gasteiger partial charge is 0.0639 e. The van der Waals surface area contributed by atoms with Gasteiger partial charge in [-0.3, -0.25) is 0 Å². The summed E-state index contributed by atoms with van der Waals surface area (Å²) in [5.74, 6) is -1.09. The number of quaternary nitrogens is 1. The first-order chi connectivity index (χ1) is 6.27. The van der Waals surface area contributed by atoms with Gasteiger partial charge in [0.15, 0.2) is 0 Å². The van der Waals surface area contributed by atoms with E-state index in [-0.39, 0.29) is 6.15 Å². The quantitative estimate of drug-likeness (QED) is 0.483. The molecule has 0 unspecified atom stereocenters. The number of aliphatic carboxylic acids is 1. The molecule has 0 bridgehead atoms. The standard InChI is InChI=1S/C11H20O2.H3N/c1-2-3-4-5-6-7-8-9-10-11(12)13;/h9-10H,2-8H2,1H3,(H,12,13);1H3/b10-9+;. The van der Waals surface area contributed by atoms with Crippen molar-refractivity contribution < 1.29 is 9.90 Å². The number of hydrogen-bond donors (Lipinski definition) is 1. The van der Waals surface area contributed by atoms with E-state index in [0.717, 1.165) is 18.9 Å². The summed E-state index contributed by atoms with van der Waals surface area (Å²) >= 11 is 0. The van der Waals surface area contributed by atoms with Crippen molar-refractivity contribution >= 4 is 5.97 Å². The number of rotatable bonds is 8. The number of carbonyl (C=O) groups is 1. The van der Waals surface area contributed by atoms with Crippen LogP contribution in [0.1, 0.15) is 51.9 Å². The van der Waals surface area contributed by atoms with Crippen LogP contribution in [-0.2, 0) is 4.79 Å². The van der Waals surface area contributed by atoms with E-state index < -0.39 is 5.97 Å². The van der Waals surface area contributed by atoms with Gasteiger partial charge in [0, 0.05) is 0 Å². The highest BCUT2D eigenvalue weighted by atomic mass is 16.4. The van der Waals surface area contributed by atoms with E-state index in [1.165, 1.54) is 32.1 Å². The van der Waals surface area contributed by atoms with E-state index in [9.17, 15) is 9.90 Å². The molecule has 0 aromatic rings. The molecule has 14 heavy (non-hydrogen) atoms. The van der Waals surface area contributed by atoms with E-state index in [0.29, 0.717) is 0 Å². The minimum Gasteiger partial charge on any atom is -0.545 e. The Kier molecular flexibility index (Phi) is 13.6. The highest BCUT2D eigenvalue weighted by Gasteiger charge is 1.87. The van der Waals surface area contributed by atoms with Crippen LogP contribution in [0.3, 0.4) is 0 Å². The zero-order valence-electron chi connectivity index (χ0n) is 9.42. The molecule has 3 nitrogen and oxygen atoms in total. The zero-order chi connectivity index (χ0) is 9.94. The molecule has 0 amide bonds. The molecule has 0 aliphatic carbocycles. The fraction of sp³-hybridized carbons (Fsp3) is 0.727. The molecule has 0 saturated carbocycles. The van der Waals surface area contributed by atoms with Crippen molar-refractivity contribution in [2.24, 2.45) is 0 Å². The van der Waals surface area contributed by atoms with Gasteiger partial charge >= 0.3 is 0 Å². The maximum Gasteiger partial charge on any atom is 0.0639 e. The minimum atomic E-state index is -1.09. The van der Waals surface area contributed by atoms with Crippen LogP contribution in [0.5, 0.6) is 0 Å². The van der Waals surface area contributed by atoms with Crippen molar-refractivity contribution in [2.75, 3.05) is 0 Å². The van der Waals surface area contributed by atoms with E-state index in [2.05, 4.69) is 6.92 Å². The second-order valence-corrected chi connectivity index (χ2v) is 3.28. The van der Waals surface area contributed by atoms with Gasteiger partial charge in [0.05, 0.1) is 5.97 Å². The van der Waals surface area contributed by atoms with Gasteiger partial charge in [-0.05, 0) is 18.9 Å². The molecule has 0 saturated heterocycles. The van der Waals surface area contributed by atoms with Crippen LogP contribution in [0.2, 0.25) is 0 Å². The minimum absolute atomic E-state index is 0. The topological polar surface area (TPSA) is 76.6 Å². The van der Waals surface area contributed by atoms with E-state index in [4.69, 9.17) is 0 Å². The SMILES string of the molecule is CCCCCCCC/C=C/C(=O)[O-].[NH4+]. The van der Waals surface area contributed by atoms with Gasteiger partial charge in [0.2, 0.25) is 0 Å². The predicted octanol–water partition coefficient (Wildman–Crippen LogP) is 2.42. The van der Waals surface area contributed by atoms with Crippen molar-refractivity contribution in [2.45, 2.75) is 51.9 Å².